The van der Waals surface area contributed by atoms with Crippen LogP contribution >= 0.6 is 11.8 Å². The molecule has 0 radical (unpaired) electrons. The van der Waals surface area contributed by atoms with Gasteiger partial charge < -0.3 is 4.57 Å². The first-order chi connectivity index (χ1) is 9.97. The van der Waals surface area contributed by atoms with Crippen LogP contribution in [-0.2, 0) is 7.05 Å². The minimum absolute atomic E-state index is 0.188. The number of aryl methyl sites for hydroxylation is 1. The van der Waals surface area contributed by atoms with E-state index < -0.39 is 0 Å². The van der Waals surface area contributed by atoms with Crippen LogP contribution in [0.3, 0.4) is 0 Å². The zero-order valence-corrected chi connectivity index (χ0v) is 13.9. The molecule has 2 aromatic carbocycles. The second kappa shape index (κ2) is 5.27. The average Bonchev–Trinajstić information content (AvgIpc) is 2.72. The maximum atomic E-state index is 2.32. The highest BCUT2D eigenvalue weighted by molar-refractivity contribution is 8.01. The van der Waals surface area contributed by atoms with Crippen LogP contribution < -0.4 is 0 Å². The lowest BCUT2D eigenvalue weighted by Crippen LogP contribution is -2.07. The van der Waals surface area contributed by atoms with E-state index in [1.807, 2.05) is 11.8 Å². The topological polar surface area (TPSA) is 4.93 Å². The summed E-state index contributed by atoms with van der Waals surface area (Å²) in [7, 11) is 2.16. The van der Waals surface area contributed by atoms with Crippen molar-refractivity contribution in [2.75, 3.05) is 0 Å². The fourth-order valence-electron chi connectivity index (χ4n) is 2.69. The predicted molar refractivity (Wildman–Crippen MR) is 94.0 cm³/mol. The Balaban J connectivity index is 2.32. The molecule has 0 fully saturated rings. The summed E-state index contributed by atoms with van der Waals surface area (Å²) in [5.74, 6) is 0. The van der Waals surface area contributed by atoms with Crippen LogP contribution in [0.25, 0.3) is 22.2 Å². The molecule has 3 aromatic rings. The molecular weight excluding hydrogens is 274 g/mol. The van der Waals surface area contributed by atoms with Crippen LogP contribution in [0.2, 0.25) is 0 Å². The fourth-order valence-corrected chi connectivity index (χ4v) is 3.94. The molecule has 1 heterocycles. The maximum absolute atomic E-state index is 2.32. The Morgan fingerprint density at radius 2 is 1.48 bits per heavy atom. The SMILES string of the molecule is Cn1c(-c2ccccc2)c(SC(C)(C)C)c2ccccc21. The Kier molecular flexibility index (Phi) is 3.58. The van der Waals surface area contributed by atoms with E-state index >= 15 is 0 Å². The molecule has 0 amide bonds. The number of thioether (sulfide) groups is 1. The van der Waals surface area contributed by atoms with E-state index in [1.165, 1.54) is 27.1 Å². The monoisotopic (exact) mass is 295 g/mol. The number of fused-ring (bicyclic) bond motifs is 1. The fraction of sp³-hybridized carbons (Fsp3) is 0.263. The van der Waals surface area contributed by atoms with Gasteiger partial charge in [0.2, 0.25) is 0 Å². The molecule has 0 aliphatic carbocycles. The van der Waals surface area contributed by atoms with Gasteiger partial charge >= 0.3 is 0 Å². The standard InChI is InChI=1S/C19H21NS/c1-19(2,3)21-18-15-12-8-9-13-16(15)20(4)17(18)14-10-6-5-7-11-14/h5-13H,1-4H3. The average molecular weight is 295 g/mol. The summed E-state index contributed by atoms with van der Waals surface area (Å²) < 4.78 is 2.51. The molecule has 0 saturated carbocycles. The number of para-hydroxylation sites is 1. The van der Waals surface area contributed by atoms with Crippen LogP contribution in [0.4, 0.5) is 0 Å². The van der Waals surface area contributed by atoms with Crippen molar-refractivity contribution in [1.82, 2.24) is 4.57 Å². The first kappa shape index (κ1) is 14.3. The number of hydrogen-bond donors (Lipinski definition) is 0. The van der Waals surface area contributed by atoms with E-state index in [1.54, 1.807) is 0 Å². The van der Waals surface area contributed by atoms with Crippen LogP contribution in [0.5, 0.6) is 0 Å². The molecule has 0 aliphatic heterocycles. The van der Waals surface area contributed by atoms with E-state index in [9.17, 15) is 0 Å². The lowest BCUT2D eigenvalue weighted by atomic mass is 10.1. The zero-order valence-electron chi connectivity index (χ0n) is 13.1. The van der Waals surface area contributed by atoms with Crippen molar-refractivity contribution < 1.29 is 0 Å². The molecule has 21 heavy (non-hydrogen) atoms. The van der Waals surface area contributed by atoms with Crippen LogP contribution in [-0.4, -0.2) is 9.31 Å². The van der Waals surface area contributed by atoms with E-state index in [-0.39, 0.29) is 4.75 Å². The second-order valence-corrected chi connectivity index (χ2v) is 8.17. The number of benzene rings is 2. The van der Waals surface area contributed by atoms with Crippen molar-refractivity contribution in [2.45, 2.75) is 30.4 Å². The molecule has 2 heteroatoms. The van der Waals surface area contributed by atoms with E-state index in [0.29, 0.717) is 0 Å². The van der Waals surface area contributed by atoms with Gasteiger partial charge in [0.1, 0.15) is 0 Å². The van der Waals surface area contributed by atoms with Gasteiger partial charge in [0.25, 0.3) is 0 Å². The summed E-state index contributed by atoms with van der Waals surface area (Å²) in [4.78, 5) is 1.38. The Bertz CT molecular complexity index is 763. The summed E-state index contributed by atoms with van der Waals surface area (Å²) in [5, 5.41) is 1.35. The van der Waals surface area contributed by atoms with Gasteiger partial charge in [-0.25, -0.2) is 0 Å². The zero-order chi connectivity index (χ0) is 15.0. The Hall–Kier alpha value is -1.67. The lowest BCUT2D eigenvalue weighted by molar-refractivity contribution is 0.803. The van der Waals surface area contributed by atoms with Gasteiger partial charge in [-0.15, -0.1) is 11.8 Å². The molecule has 0 saturated heterocycles. The highest BCUT2D eigenvalue weighted by Gasteiger charge is 2.21. The van der Waals surface area contributed by atoms with Crippen molar-refractivity contribution in [3.05, 3.63) is 54.6 Å². The quantitative estimate of drug-likeness (QED) is 0.546. The largest absolute Gasteiger partial charge is 0.343 e. The molecule has 0 bridgehead atoms. The highest BCUT2D eigenvalue weighted by Crippen LogP contribution is 2.44. The Morgan fingerprint density at radius 1 is 0.857 bits per heavy atom. The van der Waals surface area contributed by atoms with E-state index in [0.717, 1.165) is 0 Å². The normalized spacial score (nSPS) is 12.0. The second-order valence-electron chi connectivity index (χ2n) is 6.33. The van der Waals surface area contributed by atoms with E-state index in [2.05, 4.69) is 87.0 Å². The first-order valence-electron chi connectivity index (χ1n) is 7.29. The molecule has 0 atom stereocenters. The van der Waals surface area contributed by atoms with Crippen molar-refractivity contribution in [2.24, 2.45) is 7.05 Å². The van der Waals surface area contributed by atoms with Crippen molar-refractivity contribution in [1.29, 1.82) is 0 Å². The third-order valence-corrected chi connectivity index (χ3v) is 4.75. The minimum Gasteiger partial charge on any atom is -0.343 e. The number of aromatic nitrogens is 1. The van der Waals surface area contributed by atoms with Gasteiger partial charge in [-0.1, -0.05) is 69.3 Å². The number of hydrogen-bond acceptors (Lipinski definition) is 1. The van der Waals surface area contributed by atoms with Gasteiger partial charge in [-0.05, 0) is 11.6 Å². The molecule has 0 unspecified atom stereocenters. The van der Waals surface area contributed by atoms with Crippen LogP contribution in [0.1, 0.15) is 20.8 Å². The highest BCUT2D eigenvalue weighted by atomic mass is 32.2. The predicted octanol–water partition coefficient (Wildman–Crippen LogP) is 5.74. The molecule has 0 spiro atoms. The van der Waals surface area contributed by atoms with Gasteiger partial charge in [0.15, 0.2) is 0 Å². The summed E-state index contributed by atoms with van der Waals surface area (Å²) in [6.07, 6.45) is 0. The van der Waals surface area contributed by atoms with E-state index in [4.69, 9.17) is 0 Å². The number of rotatable bonds is 2. The number of nitrogens with zero attached hydrogens (tertiary/aromatic N) is 1. The van der Waals surface area contributed by atoms with Gasteiger partial charge in [0, 0.05) is 27.6 Å². The Morgan fingerprint density at radius 3 is 2.14 bits per heavy atom. The lowest BCUT2D eigenvalue weighted by Gasteiger charge is -2.19. The summed E-state index contributed by atoms with van der Waals surface area (Å²) >= 11 is 1.95. The van der Waals surface area contributed by atoms with Crippen molar-refractivity contribution in [3.63, 3.8) is 0 Å². The third kappa shape index (κ3) is 2.73. The first-order valence-corrected chi connectivity index (χ1v) is 8.11. The molecular formula is C19H21NS. The van der Waals surface area contributed by atoms with Gasteiger partial charge in [-0.2, -0.15) is 0 Å². The van der Waals surface area contributed by atoms with Gasteiger partial charge in [0.05, 0.1) is 5.69 Å². The minimum atomic E-state index is 0.188. The molecule has 1 nitrogen and oxygen atoms in total. The molecule has 0 aliphatic rings. The summed E-state index contributed by atoms with van der Waals surface area (Å²) in [6, 6.07) is 19.4. The molecule has 108 valence electrons. The van der Waals surface area contributed by atoms with Crippen molar-refractivity contribution >= 4 is 22.7 Å². The molecule has 3 rings (SSSR count). The van der Waals surface area contributed by atoms with Crippen LogP contribution in [0.15, 0.2) is 59.5 Å². The maximum Gasteiger partial charge on any atom is 0.0627 e. The third-order valence-electron chi connectivity index (χ3n) is 3.52. The summed E-state index contributed by atoms with van der Waals surface area (Å²) in [5.41, 5.74) is 3.89. The van der Waals surface area contributed by atoms with Crippen molar-refractivity contribution in [3.8, 4) is 11.3 Å². The molecule has 0 N–H and O–H groups in total. The summed E-state index contributed by atoms with van der Waals surface area (Å²) in [6.45, 7) is 6.82. The van der Waals surface area contributed by atoms with Crippen LogP contribution in [0, 0.1) is 0 Å². The smallest absolute Gasteiger partial charge is 0.0627 e. The Labute approximate surface area is 131 Å². The molecule has 1 aromatic heterocycles. The van der Waals surface area contributed by atoms with Gasteiger partial charge in [-0.3, -0.25) is 0 Å².